The lowest BCUT2D eigenvalue weighted by molar-refractivity contribution is -0.116. The number of carbonyl (C=O) groups excluding carboxylic acids is 2. The van der Waals surface area contributed by atoms with Gasteiger partial charge in [-0.1, -0.05) is 30.3 Å². The first kappa shape index (κ1) is 23.7. The highest BCUT2D eigenvalue weighted by Gasteiger charge is 2.15. The van der Waals surface area contributed by atoms with Crippen molar-refractivity contribution >= 4 is 23.6 Å². The molecule has 37 heavy (non-hydrogen) atoms. The molecule has 3 N–H and O–H groups in total. The Labute approximate surface area is 213 Å². The third-order valence-electron chi connectivity index (χ3n) is 5.78. The SMILES string of the molecule is Cn1cc(-c2cccc(C(=O)Nc3nc(CCCC(=O)Nc4cc[nH]n4)cn3-c3ccccc3)c2)cn1. The Morgan fingerprint density at radius 1 is 0.973 bits per heavy atom. The molecule has 5 aromatic rings. The summed E-state index contributed by atoms with van der Waals surface area (Å²) in [5.74, 6) is 0.532. The fourth-order valence-corrected chi connectivity index (χ4v) is 3.97. The molecule has 0 radical (unpaired) electrons. The molecule has 2 aromatic carbocycles. The minimum absolute atomic E-state index is 0.114. The van der Waals surface area contributed by atoms with Gasteiger partial charge in [0.25, 0.3) is 5.91 Å². The second-order valence-corrected chi connectivity index (χ2v) is 8.56. The number of hydrogen-bond acceptors (Lipinski definition) is 5. The molecular weight excluding hydrogens is 468 g/mol. The van der Waals surface area contributed by atoms with E-state index in [0.29, 0.717) is 36.6 Å². The number of benzene rings is 2. The van der Waals surface area contributed by atoms with Gasteiger partial charge < -0.3 is 5.32 Å². The van der Waals surface area contributed by atoms with E-state index in [1.54, 1.807) is 29.2 Å². The largest absolute Gasteiger partial charge is 0.309 e. The minimum Gasteiger partial charge on any atom is -0.309 e. The lowest BCUT2D eigenvalue weighted by Gasteiger charge is -2.09. The number of nitrogens with one attached hydrogen (secondary N) is 3. The van der Waals surface area contributed by atoms with Crippen LogP contribution in [0.5, 0.6) is 0 Å². The molecule has 0 saturated carbocycles. The quantitative estimate of drug-likeness (QED) is 0.283. The molecule has 3 aromatic heterocycles. The van der Waals surface area contributed by atoms with Gasteiger partial charge in [-0.15, -0.1) is 0 Å². The number of aromatic nitrogens is 6. The van der Waals surface area contributed by atoms with Gasteiger partial charge in [0.2, 0.25) is 11.9 Å². The molecular formula is C27H26N8O2. The Bertz CT molecular complexity index is 1500. The van der Waals surface area contributed by atoms with Crippen LogP contribution in [0.1, 0.15) is 28.9 Å². The van der Waals surface area contributed by atoms with E-state index in [2.05, 4.69) is 30.9 Å². The zero-order valence-corrected chi connectivity index (χ0v) is 20.3. The van der Waals surface area contributed by atoms with Gasteiger partial charge in [0.1, 0.15) is 0 Å². The second-order valence-electron chi connectivity index (χ2n) is 8.56. The molecule has 5 rings (SSSR count). The number of anilines is 2. The molecule has 186 valence electrons. The first-order valence-electron chi connectivity index (χ1n) is 11.9. The monoisotopic (exact) mass is 494 g/mol. The number of hydrogen-bond donors (Lipinski definition) is 3. The van der Waals surface area contributed by atoms with Crippen molar-refractivity contribution in [1.29, 1.82) is 0 Å². The van der Waals surface area contributed by atoms with Gasteiger partial charge in [-0.2, -0.15) is 10.2 Å². The molecule has 0 atom stereocenters. The number of nitrogens with zero attached hydrogens (tertiary/aromatic N) is 5. The Balaban J connectivity index is 1.31. The zero-order chi connectivity index (χ0) is 25.6. The first-order chi connectivity index (χ1) is 18.0. The number of aryl methyl sites for hydroxylation is 2. The standard InChI is InChI=1S/C27H26N8O2/c1-34-17-21(16-29-34)19-7-5-8-20(15-19)26(37)32-27-30-22(18-35(27)23-10-3-2-4-11-23)9-6-12-25(36)31-24-13-14-28-33-24/h2-5,7-8,10-11,13-18H,6,9,12H2,1H3,(H,30,32,37)(H2,28,31,33,36). The van der Waals surface area contributed by atoms with Crippen LogP contribution in [-0.2, 0) is 18.3 Å². The van der Waals surface area contributed by atoms with Crippen LogP contribution in [0.15, 0.2) is 85.5 Å². The van der Waals surface area contributed by atoms with Crippen molar-refractivity contribution in [1.82, 2.24) is 29.5 Å². The van der Waals surface area contributed by atoms with Gasteiger partial charge >= 0.3 is 0 Å². The summed E-state index contributed by atoms with van der Waals surface area (Å²) < 4.78 is 3.57. The van der Waals surface area contributed by atoms with E-state index in [-0.39, 0.29) is 11.8 Å². The summed E-state index contributed by atoms with van der Waals surface area (Å²) in [6.45, 7) is 0. The molecule has 0 spiro atoms. The van der Waals surface area contributed by atoms with Crippen molar-refractivity contribution in [3.63, 3.8) is 0 Å². The van der Waals surface area contributed by atoms with Crippen LogP contribution in [0.3, 0.4) is 0 Å². The molecule has 3 heterocycles. The van der Waals surface area contributed by atoms with Crippen molar-refractivity contribution in [2.45, 2.75) is 19.3 Å². The van der Waals surface area contributed by atoms with Crippen LogP contribution in [0, 0.1) is 0 Å². The van der Waals surface area contributed by atoms with Gasteiger partial charge in [0.15, 0.2) is 5.82 Å². The van der Waals surface area contributed by atoms with Crippen LogP contribution in [0.2, 0.25) is 0 Å². The fourth-order valence-electron chi connectivity index (χ4n) is 3.97. The summed E-state index contributed by atoms with van der Waals surface area (Å²) in [6, 6.07) is 18.8. The highest BCUT2D eigenvalue weighted by atomic mass is 16.2. The lowest BCUT2D eigenvalue weighted by atomic mass is 10.1. The Morgan fingerprint density at radius 3 is 2.59 bits per heavy atom. The normalized spacial score (nSPS) is 10.8. The molecule has 10 nitrogen and oxygen atoms in total. The zero-order valence-electron chi connectivity index (χ0n) is 20.3. The number of carbonyl (C=O) groups is 2. The van der Waals surface area contributed by atoms with Gasteiger partial charge in [-0.3, -0.25) is 29.3 Å². The van der Waals surface area contributed by atoms with Crippen molar-refractivity contribution in [2.75, 3.05) is 10.6 Å². The maximum absolute atomic E-state index is 13.2. The smallest absolute Gasteiger partial charge is 0.258 e. The molecule has 0 fully saturated rings. The second kappa shape index (κ2) is 10.7. The molecule has 10 heteroatoms. The summed E-state index contributed by atoms with van der Waals surface area (Å²) in [7, 11) is 1.85. The van der Waals surface area contributed by atoms with E-state index >= 15 is 0 Å². The topological polar surface area (TPSA) is 123 Å². The van der Waals surface area contributed by atoms with E-state index in [9.17, 15) is 9.59 Å². The van der Waals surface area contributed by atoms with Crippen LogP contribution < -0.4 is 10.6 Å². The highest BCUT2D eigenvalue weighted by Crippen LogP contribution is 2.22. The summed E-state index contributed by atoms with van der Waals surface area (Å²) in [5.41, 5.74) is 4.00. The van der Waals surface area contributed by atoms with E-state index in [1.807, 2.05) is 72.5 Å². The number of para-hydroxylation sites is 1. The van der Waals surface area contributed by atoms with Crippen LogP contribution in [-0.4, -0.2) is 41.3 Å². The van der Waals surface area contributed by atoms with Crippen molar-refractivity contribution < 1.29 is 9.59 Å². The van der Waals surface area contributed by atoms with Crippen LogP contribution in [0.25, 0.3) is 16.8 Å². The van der Waals surface area contributed by atoms with E-state index in [4.69, 9.17) is 0 Å². The van der Waals surface area contributed by atoms with Crippen molar-refractivity contribution in [2.24, 2.45) is 7.05 Å². The molecule has 0 aliphatic heterocycles. The Hall–Kier alpha value is -4.99. The third kappa shape index (κ3) is 5.81. The molecule has 0 bridgehead atoms. The predicted molar refractivity (Wildman–Crippen MR) is 140 cm³/mol. The van der Waals surface area contributed by atoms with Gasteiger partial charge in [0, 0.05) is 54.9 Å². The van der Waals surface area contributed by atoms with Gasteiger partial charge in [-0.25, -0.2) is 4.98 Å². The van der Waals surface area contributed by atoms with E-state index < -0.39 is 0 Å². The number of amides is 2. The highest BCUT2D eigenvalue weighted by molar-refractivity contribution is 6.04. The van der Waals surface area contributed by atoms with Gasteiger partial charge in [-0.05, 0) is 42.7 Å². The minimum atomic E-state index is -0.265. The number of aromatic amines is 1. The average molecular weight is 495 g/mol. The summed E-state index contributed by atoms with van der Waals surface area (Å²) in [4.78, 5) is 30.1. The van der Waals surface area contributed by atoms with E-state index in [1.165, 1.54) is 0 Å². The van der Waals surface area contributed by atoms with Crippen LogP contribution in [0.4, 0.5) is 11.8 Å². The van der Waals surface area contributed by atoms with Crippen LogP contribution >= 0.6 is 0 Å². The Morgan fingerprint density at radius 2 is 1.84 bits per heavy atom. The summed E-state index contributed by atoms with van der Waals surface area (Å²) in [5, 5.41) is 16.5. The van der Waals surface area contributed by atoms with Crippen molar-refractivity contribution in [3.05, 3.63) is 96.7 Å². The summed E-state index contributed by atoms with van der Waals surface area (Å²) in [6.07, 6.45) is 8.71. The molecule has 0 unspecified atom stereocenters. The number of H-pyrrole nitrogens is 1. The maximum Gasteiger partial charge on any atom is 0.258 e. The van der Waals surface area contributed by atoms with E-state index in [0.717, 1.165) is 22.5 Å². The average Bonchev–Trinajstić information content (AvgIpc) is 3.67. The molecule has 0 aliphatic carbocycles. The number of rotatable bonds is 9. The number of imidazole rings is 1. The maximum atomic E-state index is 13.2. The first-order valence-corrected chi connectivity index (χ1v) is 11.9. The third-order valence-corrected chi connectivity index (χ3v) is 5.78. The van der Waals surface area contributed by atoms with Gasteiger partial charge in [0.05, 0.1) is 11.9 Å². The molecule has 2 amide bonds. The lowest BCUT2D eigenvalue weighted by Crippen LogP contribution is -2.15. The fraction of sp³-hybridized carbons (Fsp3) is 0.148. The molecule has 0 saturated heterocycles. The predicted octanol–water partition coefficient (Wildman–Crippen LogP) is 4.21. The summed E-state index contributed by atoms with van der Waals surface area (Å²) >= 11 is 0. The molecule has 0 aliphatic rings. The van der Waals surface area contributed by atoms with Crippen molar-refractivity contribution in [3.8, 4) is 16.8 Å². The Kier molecular flexibility index (Phi) is 6.89.